The fourth-order valence-electron chi connectivity index (χ4n) is 6.73. The smallest absolute Gasteiger partial charge is 0.243 e. The number of hydrogen-bond donors (Lipinski definition) is 13. The van der Waals surface area contributed by atoms with Crippen LogP contribution in [0.4, 0.5) is 0 Å². The normalized spacial score (nSPS) is 24.8. The molecule has 2 rings (SSSR count). The lowest BCUT2D eigenvalue weighted by molar-refractivity contribution is -0.136. The number of hydrogen-bond acceptors (Lipinski definition) is 13. The molecule has 62 heavy (non-hydrogen) atoms. The Morgan fingerprint density at radius 2 is 0.984 bits per heavy atom. The fraction of sp³-hybridized carbons (Fsp3) is 0.659. The van der Waals surface area contributed by atoms with Crippen molar-refractivity contribution in [2.45, 2.75) is 127 Å². The van der Waals surface area contributed by atoms with Crippen molar-refractivity contribution < 1.29 is 38.4 Å². The van der Waals surface area contributed by atoms with Crippen LogP contribution in [-0.2, 0) is 44.8 Å². The van der Waals surface area contributed by atoms with Crippen LogP contribution in [0.15, 0.2) is 30.3 Å². The zero-order chi connectivity index (χ0) is 46.4. The van der Waals surface area contributed by atoms with Gasteiger partial charge < -0.3 is 71.2 Å². The van der Waals surface area contributed by atoms with Gasteiger partial charge in [-0.2, -0.15) is 0 Å². The first-order valence-corrected chi connectivity index (χ1v) is 21.4. The summed E-state index contributed by atoms with van der Waals surface area (Å²) in [5, 5.41) is 21.4. The molecule has 1 heterocycles. The van der Waals surface area contributed by atoms with Crippen LogP contribution < -0.4 is 71.2 Å². The van der Waals surface area contributed by atoms with E-state index in [1.165, 1.54) is 0 Å². The molecule has 0 bridgehead atoms. The highest BCUT2D eigenvalue weighted by Crippen LogP contribution is 2.11. The van der Waals surface area contributed by atoms with Gasteiger partial charge in [0.1, 0.15) is 42.3 Å². The van der Waals surface area contributed by atoms with Crippen molar-refractivity contribution in [1.82, 2.24) is 42.5 Å². The maximum absolute atomic E-state index is 14.2. The molecule has 0 aliphatic carbocycles. The maximum Gasteiger partial charge on any atom is 0.243 e. The van der Waals surface area contributed by atoms with Crippen molar-refractivity contribution in [3.63, 3.8) is 0 Å². The van der Waals surface area contributed by atoms with E-state index in [4.69, 9.17) is 28.7 Å². The third kappa shape index (κ3) is 18.4. The summed E-state index contributed by atoms with van der Waals surface area (Å²) in [4.78, 5) is 110. The average Bonchev–Trinajstić information content (AvgIpc) is 3.21. The molecule has 8 amide bonds. The van der Waals surface area contributed by atoms with Gasteiger partial charge in [-0.25, -0.2) is 0 Å². The van der Waals surface area contributed by atoms with E-state index in [1.807, 2.05) is 27.7 Å². The molecular formula is C41H71N13O8. The summed E-state index contributed by atoms with van der Waals surface area (Å²) in [5.74, 6) is -6.02. The quantitative estimate of drug-likeness (QED) is 0.0754. The Balaban J connectivity index is 2.70. The first-order chi connectivity index (χ1) is 29.4. The predicted octanol–water partition coefficient (Wildman–Crippen LogP) is -4.04. The Hall–Kier alpha value is -5.22. The van der Waals surface area contributed by atoms with Gasteiger partial charge >= 0.3 is 0 Å². The molecule has 0 spiro atoms. The molecule has 1 aliphatic rings. The summed E-state index contributed by atoms with van der Waals surface area (Å²) >= 11 is 0. The van der Waals surface area contributed by atoms with Gasteiger partial charge in [-0.15, -0.1) is 0 Å². The van der Waals surface area contributed by atoms with E-state index in [1.54, 1.807) is 30.3 Å². The monoisotopic (exact) mass is 874 g/mol. The molecule has 0 aromatic heterocycles. The predicted molar refractivity (Wildman–Crippen MR) is 233 cm³/mol. The zero-order valence-corrected chi connectivity index (χ0v) is 36.5. The standard InChI is InChI=1S/C41H71N13O8/c1-23(2)20-31-35(56)47-19-14-30(48-34(55)26(46)10-15-42)39(60)50-29(13-18-45)38(59)54-33(22-25-8-6-5-7-9-25)41(62)53-32(21-24(3)4)40(61)51-27(11-16-43)36(57)49-28(12-17-44)37(58)52-31/h5-9,23-24,26-33H,10-22,42-46H2,1-4H3,(H,47,56)(H,48,55)(H,49,57)(H,50,60)(H,51,61)(H,52,58)(H,53,62)(H,54,59)/t26-,27+,28?,29+,30?,31?,32?,33-/m1/s1. The Labute approximate surface area is 364 Å². The van der Waals surface area contributed by atoms with Gasteiger partial charge in [-0.3, -0.25) is 38.4 Å². The summed E-state index contributed by atoms with van der Waals surface area (Å²) < 4.78 is 0. The molecule has 1 aromatic rings. The van der Waals surface area contributed by atoms with Gasteiger partial charge in [0.2, 0.25) is 47.3 Å². The lowest BCUT2D eigenvalue weighted by Gasteiger charge is -2.28. The van der Waals surface area contributed by atoms with Crippen LogP contribution in [0, 0.1) is 11.8 Å². The van der Waals surface area contributed by atoms with Crippen LogP contribution in [0.3, 0.4) is 0 Å². The van der Waals surface area contributed by atoms with Gasteiger partial charge in [-0.1, -0.05) is 58.0 Å². The summed E-state index contributed by atoms with van der Waals surface area (Å²) in [6, 6.07) is -0.921. The van der Waals surface area contributed by atoms with E-state index in [9.17, 15) is 38.4 Å². The number of benzene rings is 1. The second-order valence-corrected chi connectivity index (χ2v) is 16.4. The molecule has 1 aliphatic heterocycles. The van der Waals surface area contributed by atoms with Crippen LogP contribution in [-0.4, -0.2) is 128 Å². The van der Waals surface area contributed by atoms with Crippen LogP contribution in [0.1, 0.15) is 78.2 Å². The number of carbonyl (C=O) groups excluding carboxylic acids is 8. The average molecular weight is 874 g/mol. The first-order valence-electron chi connectivity index (χ1n) is 21.4. The molecule has 21 nitrogen and oxygen atoms in total. The molecule has 18 N–H and O–H groups in total. The molecule has 0 radical (unpaired) electrons. The highest BCUT2D eigenvalue weighted by atomic mass is 16.2. The SMILES string of the molecule is CC(C)CC1NC(=O)C(CCN)NC(=O)[C@H](CCN)NC(=O)C(CC(C)C)NC(=O)[C@@H](Cc2ccccc2)NC(=O)[C@H](CCN)NC(=O)C(NC(=O)[C@H](N)CCN)CCNC1=O. The topological polar surface area (TPSA) is 363 Å². The molecule has 1 aromatic carbocycles. The number of rotatable bonds is 16. The Morgan fingerprint density at radius 1 is 0.581 bits per heavy atom. The van der Waals surface area contributed by atoms with Gasteiger partial charge in [0.15, 0.2) is 0 Å². The summed E-state index contributed by atoms with van der Waals surface area (Å²) in [6.07, 6.45) is 0.0975. The van der Waals surface area contributed by atoms with E-state index < -0.39 is 95.6 Å². The second kappa shape index (κ2) is 27.7. The summed E-state index contributed by atoms with van der Waals surface area (Å²) in [6.45, 7) is 7.16. The minimum atomic E-state index is -1.33. The number of amides is 8. The molecule has 0 saturated carbocycles. The van der Waals surface area contributed by atoms with Gasteiger partial charge in [0.25, 0.3) is 0 Å². The van der Waals surface area contributed by atoms with Crippen molar-refractivity contribution in [3.05, 3.63) is 35.9 Å². The highest BCUT2D eigenvalue weighted by molar-refractivity contribution is 5.98. The van der Waals surface area contributed by atoms with E-state index in [2.05, 4.69) is 42.5 Å². The van der Waals surface area contributed by atoms with Crippen LogP contribution in [0.5, 0.6) is 0 Å². The minimum Gasteiger partial charge on any atom is -0.354 e. The molecular weight excluding hydrogens is 803 g/mol. The third-order valence-corrected chi connectivity index (χ3v) is 10.0. The minimum absolute atomic E-state index is 0.0181. The van der Waals surface area contributed by atoms with Crippen LogP contribution >= 0.6 is 0 Å². The van der Waals surface area contributed by atoms with Gasteiger partial charge in [0.05, 0.1) is 6.04 Å². The van der Waals surface area contributed by atoms with E-state index >= 15 is 0 Å². The third-order valence-electron chi connectivity index (χ3n) is 10.0. The van der Waals surface area contributed by atoms with Crippen molar-refractivity contribution in [2.75, 3.05) is 32.7 Å². The Kier molecular flexibility index (Phi) is 23.6. The molecule has 4 unspecified atom stereocenters. The van der Waals surface area contributed by atoms with Crippen molar-refractivity contribution >= 4 is 47.3 Å². The molecule has 1 fully saturated rings. The molecule has 1 saturated heterocycles. The first kappa shape index (κ1) is 52.9. The van der Waals surface area contributed by atoms with Gasteiger partial charge in [-0.05, 0) is 88.5 Å². The fourth-order valence-corrected chi connectivity index (χ4v) is 6.73. The lowest BCUT2D eigenvalue weighted by Crippen LogP contribution is -2.60. The van der Waals surface area contributed by atoms with Crippen LogP contribution in [0.25, 0.3) is 0 Å². The highest BCUT2D eigenvalue weighted by Gasteiger charge is 2.35. The zero-order valence-electron chi connectivity index (χ0n) is 36.5. The van der Waals surface area contributed by atoms with Crippen LogP contribution in [0.2, 0.25) is 0 Å². The van der Waals surface area contributed by atoms with Gasteiger partial charge in [0, 0.05) is 13.0 Å². The van der Waals surface area contributed by atoms with E-state index in [0.717, 1.165) is 0 Å². The number of nitrogens with two attached hydrogens (primary N) is 5. The number of nitrogens with one attached hydrogen (secondary N) is 8. The van der Waals surface area contributed by atoms with Crippen molar-refractivity contribution in [1.29, 1.82) is 0 Å². The molecule has 348 valence electrons. The lowest BCUT2D eigenvalue weighted by atomic mass is 10.00. The molecule has 8 atom stereocenters. The van der Waals surface area contributed by atoms with Crippen molar-refractivity contribution in [3.8, 4) is 0 Å². The maximum atomic E-state index is 14.2. The largest absolute Gasteiger partial charge is 0.354 e. The van der Waals surface area contributed by atoms with Crippen molar-refractivity contribution in [2.24, 2.45) is 40.5 Å². The second-order valence-electron chi connectivity index (χ2n) is 16.4. The van der Waals surface area contributed by atoms with E-state index in [-0.39, 0.29) is 95.9 Å². The Morgan fingerprint density at radius 3 is 1.44 bits per heavy atom. The van der Waals surface area contributed by atoms with E-state index in [0.29, 0.717) is 5.56 Å². The summed E-state index contributed by atoms with van der Waals surface area (Å²) in [7, 11) is 0. The number of carbonyl (C=O) groups is 8. The molecule has 21 heteroatoms. The Bertz CT molecular complexity index is 1630. The summed E-state index contributed by atoms with van der Waals surface area (Å²) in [5.41, 5.74) is 29.8.